The van der Waals surface area contributed by atoms with Gasteiger partial charge in [-0.1, -0.05) is 0 Å². The number of hydrogen-bond donors (Lipinski definition) is 0. The largest absolute Gasteiger partial charge is 0.355 e. The van der Waals surface area contributed by atoms with Crippen LogP contribution < -0.4 is 4.90 Å². The number of nitrogens with zero attached hydrogens (tertiary/aromatic N) is 3. The summed E-state index contributed by atoms with van der Waals surface area (Å²) in [4.78, 5) is 11.8. The number of hydrogen-bond acceptors (Lipinski definition) is 6. The van der Waals surface area contributed by atoms with E-state index < -0.39 is 14.6 Å². The van der Waals surface area contributed by atoms with Gasteiger partial charge in [-0.05, 0) is 38.1 Å². The van der Waals surface area contributed by atoms with Gasteiger partial charge >= 0.3 is 0 Å². The summed E-state index contributed by atoms with van der Waals surface area (Å²) in [6.07, 6.45) is 2.18. The summed E-state index contributed by atoms with van der Waals surface area (Å²) in [5.74, 6) is 1.04. The average molecular weight is 325 g/mol. The van der Waals surface area contributed by atoms with E-state index in [2.05, 4.69) is 20.2 Å². The van der Waals surface area contributed by atoms with Crippen LogP contribution in [0.1, 0.15) is 25.8 Å². The van der Waals surface area contributed by atoms with E-state index >= 15 is 0 Å². The SMILES string of the molecule is Cc1csc2ncnc(N3CCC(C)(C)S(=O)(=O)CC3)c12. The fraction of sp³-hybridized carbons (Fsp3) is 0.571. The molecule has 0 aliphatic carbocycles. The van der Waals surface area contributed by atoms with Gasteiger partial charge in [0.2, 0.25) is 0 Å². The van der Waals surface area contributed by atoms with Crippen LogP contribution >= 0.6 is 11.3 Å². The third-order valence-corrected chi connectivity index (χ3v) is 7.90. The monoisotopic (exact) mass is 325 g/mol. The summed E-state index contributed by atoms with van der Waals surface area (Å²) in [6, 6.07) is 0. The number of anilines is 1. The zero-order chi connectivity index (χ0) is 15.3. The van der Waals surface area contributed by atoms with Crippen LogP contribution in [-0.4, -0.2) is 42.0 Å². The second kappa shape index (κ2) is 4.91. The lowest BCUT2D eigenvalue weighted by atomic mass is 10.1. The van der Waals surface area contributed by atoms with Crippen LogP contribution in [0.25, 0.3) is 10.2 Å². The Morgan fingerprint density at radius 1 is 1.29 bits per heavy atom. The van der Waals surface area contributed by atoms with Crippen molar-refractivity contribution in [2.24, 2.45) is 0 Å². The molecule has 0 saturated carbocycles. The summed E-state index contributed by atoms with van der Waals surface area (Å²) < 4.78 is 24.0. The van der Waals surface area contributed by atoms with Gasteiger partial charge in [0.05, 0.1) is 15.9 Å². The number of aromatic nitrogens is 2. The molecular weight excluding hydrogens is 306 g/mol. The van der Waals surface area contributed by atoms with Gasteiger partial charge in [0, 0.05) is 13.1 Å². The molecule has 0 radical (unpaired) electrons. The van der Waals surface area contributed by atoms with Crippen LogP contribution in [0.4, 0.5) is 5.82 Å². The highest BCUT2D eigenvalue weighted by molar-refractivity contribution is 7.92. The van der Waals surface area contributed by atoms with Crippen molar-refractivity contribution in [2.45, 2.75) is 31.9 Å². The lowest BCUT2D eigenvalue weighted by molar-refractivity contribution is 0.538. The average Bonchev–Trinajstić information content (AvgIpc) is 2.76. The summed E-state index contributed by atoms with van der Waals surface area (Å²) in [7, 11) is -3.07. The minimum atomic E-state index is -3.07. The number of thiophene rings is 1. The molecule has 0 spiro atoms. The third kappa shape index (κ3) is 2.42. The highest BCUT2D eigenvalue weighted by Gasteiger charge is 2.37. The van der Waals surface area contributed by atoms with Crippen molar-refractivity contribution >= 4 is 37.2 Å². The Bertz CT molecular complexity index is 781. The van der Waals surface area contributed by atoms with Gasteiger partial charge in [-0.2, -0.15) is 0 Å². The lowest BCUT2D eigenvalue weighted by Crippen LogP contribution is -2.33. The van der Waals surface area contributed by atoms with E-state index in [-0.39, 0.29) is 5.75 Å². The molecule has 3 heterocycles. The number of sulfone groups is 1. The molecule has 1 aliphatic heterocycles. The molecule has 0 atom stereocenters. The maximum absolute atomic E-state index is 12.3. The topological polar surface area (TPSA) is 63.2 Å². The van der Waals surface area contributed by atoms with Crippen molar-refractivity contribution in [2.75, 3.05) is 23.7 Å². The lowest BCUT2D eigenvalue weighted by Gasteiger charge is -2.23. The summed E-state index contributed by atoms with van der Waals surface area (Å²) in [5.41, 5.74) is 1.15. The first-order valence-electron chi connectivity index (χ1n) is 6.98. The molecule has 2 aromatic heterocycles. The smallest absolute Gasteiger partial charge is 0.157 e. The van der Waals surface area contributed by atoms with Crippen LogP contribution in [0.3, 0.4) is 0 Å². The molecule has 3 rings (SSSR count). The molecule has 0 amide bonds. The van der Waals surface area contributed by atoms with E-state index in [0.717, 1.165) is 21.6 Å². The molecule has 5 nitrogen and oxygen atoms in total. The molecule has 1 saturated heterocycles. The molecule has 0 unspecified atom stereocenters. The van der Waals surface area contributed by atoms with Gasteiger partial charge in [0.15, 0.2) is 9.84 Å². The molecule has 0 bridgehead atoms. The molecule has 114 valence electrons. The van der Waals surface area contributed by atoms with Gasteiger partial charge in [-0.3, -0.25) is 0 Å². The predicted octanol–water partition coefficient (Wildman–Crippen LogP) is 2.40. The normalized spacial score (nSPS) is 21.4. The van der Waals surface area contributed by atoms with Gasteiger partial charge in [-0.25, -0.2) is 18.4 Å². The second-order valence-corrected chi connectivity index (χ2v) is 9.71. The molecule has 0 aromatic carbocycles. The minimum Gasteiger partial charge on any atom is -0.355 e. The highest BCUT2D eigenvalue weighted by Crippen LogP contribution is 2.33. The Balaban J connectivity index is 2.03. The fourth-order valence-electron chi connectivity index (χ4n) is 2.63. The van der Waals surface area contributed by atoms with Gasteiger partial charge in [-0.15, -0.1) is 11.3 Å². The van der Waals surface area contributed by atoms with Crippen molar-refractivity contribution in [3.63, 3.8) is 0 Å². The second-order valence-electron chi connectivity index (χ2n) is 6.11. The Morgan fingerprint density at radius 2 is 2.05 bits per heavy atom. The maximum Gasteiger partial charge on any atom is 0.157 e. The molecule has 1 aliphatic rings. The number of rotatable bonds is 1. The first kappa shape index (κ1) is 14.7. The third-order valence-electron chi connectivity index (χ3n) is 4.29. The fourth-order valence-corrected chi connectivity index (χ4v) is 4.93. The van der Waals surface area contributed by atoms with Crippen LogP contribution in [0.2, 0.25) is 0 Å². The van der Waals surface area contributed by atoms with E-state index in [4.69, 9.17) is 0 Å². The summed E-state index contributed by atoms with van der Waals surface area (Å²) in [5, 5.41) is 3.13. The van der Waals surface area contributed by atoms with Gasteiger partial charge in [0.25, 0.3) is 0 Å². The quantitative estimate of drug-likeness (QED) is 0.805. The van der Waals surface area contributed by atoms with Gasteiger partial charge in [0.1, 0.15) is 17.0 Å². The van der Waals surface area contributed by atoms with Crippen LogP contribution in [0.5, 0.6) is 0 Å². The first-order chi connectivity index (χ1) is 9.82. The van der Waals surface area contributed by atoms with Crippen molar-refractivity contribution < 1.29 is 8.42 Å². The van der Waals surface area contributed by atoms with E-state index in [1.807, 2.05) is 20.8 Å². The number of aryl methyl sites for hydroxylation is 1. The number of fused-ring (bicyclic) bond motifs is 1. The Hall–Kier alpha value is -1.21. The van der Waals surface area contributed by atoms with E-state index in [1.165, 1.54) is 0 Å². The van der Waals surface area contributed by atoms with Crippen LogP contribution in [-0.2, 0) is 9.84 Å². The summed E-state index contributed by atoms with van der Waals surface area (Å²) >= 11 is 1.60. The maximum atomic E-state index is 12.3. The van der Waals surface area contributed by atoms with Crippen molar-refractivity contribution in [1.29, 1.82) is 0 Å². The zero-order valence-corrected chi connectivity index (χ0v) is 14.1. The van der Waals surface area contributed by atoms with Crippen molar-refractivity contribution in [1.82, 2.24) is 9.97 Å². The van der Waals surface area contributed by atoms with Crippen molar-refractivity contribution in [3.05, 3.63) is 17.3 Å². The molecule has 0 N–H and O–H groups in total. The molecule has 1 fully saturated rings. The molecule has 2 aromatic rings. The van der Waals surface area contributed by atoms with E-state index in [0.29, 0.717) is 19.5 Å². The Morgan fingerprint density at radius 3 is 2.81 bits per heavy atom. The molecular formula is C14H19N3O2S2. The van der Waals surface area contributed by atoms with Gasteiger partial charge < -0.3 is 4.90 Å². The minimum absolute atomic E-state index is 0.175. The Kier molecular flexibility index (Phi) is 3.44. The summed E-state index contributed by atoms with van der Waals surface area (Å²) in [6.45, 7) is 6.87. The van der Waals surface area contributed by atoms with Crippen molar-refractivity contribution in [3.8, 4) is 0 Å². The van der Waals surface area contributed by atoms with E-state index in [9.17, 15) is 8.42 Å². The predicted molar refractivity (Wildman–Crippen MR) is 86.8 cm³/mol. The highest BCUT2D eigenvalue weighted by atomic mass is 32.2. The molecule has 7 heteroatoms. The first-order valence-corrected chi connectivity index (χ1v) is 9.51. The van der Waals surface area contributed by atoms with Crippen LogP contribution in [0, 0.1) is 6.92 Å². The zero-order valence-electron chi connectivity index (χ0n) is 12.5. The van der Waals surface area contributed by atoms with Crippen LogP contribution in [0.15, 0.2) is 11.7 Å². The molecule has 21 heavy (non-hydrogen) atoms. The standard InChI is InChI=1S/C14H19N3O2S2/c1-10-8-20-13-11(10)12(15-9-16-13)17-5-4-14(2,3)21(18,19)7-6-17/h8-9H,4-7H2,1-3H3. The Labute approximate surface area is 128 Å². The van der Waals surface area contributed by atoms with E-state index in [1.54, 1.807) is 17.7 Å².